The molecule has 0 aromatic heterocycles. The zero-order chi connectivity index (χ0) is 24.4. The molecule has 34 heavy (non-hydrogen) atoms. The Hall–Kier alpha value is -1.79. The molecule has 0 atom stereocenters. The van der Waals surface area contributed by atoms with Gasteiger partial charge in [-0.25, -0.2) is 0 Å². The maximum Gasteiger partial charge on any atom is 0.302 e. The second-order valence-corrected chi connectivity index (χ2v) is 6.79. The van der Waals surface area contributed by atoms with Gasteiger partial charge in [-0.1, -0.05) is 18.2 Å². The predicted octanol–water partition coefficient (Wildman–Crippen LogP) is 1.74. The highest BCUT2D eigenvalue weighted by atomic mass is 16.6. The number of esters is 1. The summed E-state index contributed by atoms with van der Waals surface area (Å²) < 4.78 is 48.0. The van der Waals surface area contributed by atoms with Crippen molar-refractivity contribution in [2.24, 2.45) is 0 Å². The first-order chi connectivity index (χ1) is 16.8. The Morgan fingerprint density at radius 1 is 0.500 bits per heavy atom. The predicted molar refractivity (Wildman–Crippen MR) is 124 cm³/mol. The van der Waals surface area contributed by atoms with Gasteiger partial charge < -0.3 is 42.6 Å². The van der Waals surface area contributed by atoms with Gasteiger partial charge in [0.05, 0.1) is 92.5 Å². The van der Waals surface area contributed by atoms with Crippen LogP contribution in [0.2, 0.25) is 0 Å². The van der Waals surface area contributed by atoms with E-state index in [9.17, 15) is 4.79 Å². The fourth-order valence-electron chi connectivity index (χ4n) is 2.40. The van der Waals surface area contributed by atoms with Crippen LogP contribution in [-0.4, -0.2) is 112 Å². The van der Waals surface area contributed by atoms with Gasteiger partial charge in [0.2, 0.25) is 0 Å². The molecule has 0 saturated carbocycles. The summed E-state index contributed by atoms with van der Waals surface area (Å²) in [5.41, 5.74) is 0. The van der Waals surface area contributed by atoms with Gasteiger partial charge in [0, 0.05) is 6.92 Å². The Kier molecular flexibility index (Phi) is 21.6. The zero-order valence-corrected chi connectivity index (χ0v) is 20.3. The SMILES string of the molecule is CC(=O)OCCOCCOCCOCCOCCOCCOCCOCCOc1ccccc1. The summed E-state index contributed by atoms with van der Waals surface area (Å²) in [5, 5.41) is 0. The Bertz CT molecular complexity index is 558. The number of ether oxygens (including phenoxy) is 9. The van der Waals surface area contributed by atoms with E-state index in [-0.39, 0.29) is 12.6 Å². The highest BCUT2D eigenvalue weighted by Crippen LogP contribution is 2.07. The molecule has 0 fully saturated rings. The first-order valence-electron chi connectivity index (χ1n) is 11.6. The van der Waals surface area contributed by atoms with Crippen LogP contribution in [-0.2, 0) is 42.7 Å². The maximum atomic E-state index is 10.6. The molecule has 0 bridgehead atoms. The van der Waals surface area contributed by atoms with E-state index in [0.29, 0.717) is 99.1 Å². The maximum absolute atomic E-state index is 10.6. The first kappa shape index (κ1) is 30.2. The summed E-state index contributed by atoms with van der Waals surface area (Å²) in [6.07, 6.45) is 0. The average Bonchev–Trinajstić information content (AvgIpc) is 2.84. The van der Waals surface area contributed by atoms with E-state index < -0.39 is 0 Å². The van der Waals surface area contributed by atoms with Crippen molar-refractivity contribution in [2.45, 2.75) is 6.92 Å². The number of hydrogen-bond donors (Lipinski definition) is 0. The van der Waals surface area contributed by atoms with Gasteiger partial charge in [-0.15, -0.1) is 0 Å². The van der Waals surface area contributed by atoms with E-state index in [0.717, 1.165) is 5.75 Å². The summed E-state index contributed by atoms with van der Waals surface area (Å²) in [5.74, 6) is 0.535. The third-order valence-electron chi connectivity index (χ3n) is 4.00. The zero-order valence-electron chi connectivity index (χ0n) is 20.3. The molecule has 0 spiro atoms. The lowest BCUT2D eigenvalue weighted by Gasteiger charge is -2.09. The van der Waals surface area contributed by atoms with Crippen molar-refractivity contribution >= 4 is 5.97 Å². The molecular formula is C24H40O10. The summed E-state index contributed by atoms with van der Waals surface area (Å²) in [7, 11) is 0. The van der Waals surface area contributed by atoms with Gasteiger partial charge in [-0.3, -0.25) is 4.79 Å². The summed E-state index contributed by atoms with van der Waals surface area (Å²) in [6.45, 7) is 9.05. The molecule has 0 radical (unpaired) electrons. The van der Waals surface area contributed by atoms with Crippen molar-refractivity contribution in [1.29, 1.82) is 0 Å². The minimum Gasteiger partial charge on any atom is -0.491 e. The second kappa shape index (κ2) is 24.3. The third-order valence-corrected chi connectivity index (χ3v) is 4.00. The van der Waals surface area contributed by atoms with Crippen molar-refractivity contribution in [2.75, 3.05) is 106 Å². The standard InChI is InChI=1S/C24H40O10/c1-23(25)33-21-19-31-17-15-29-13-11-27-9-7-26-8-10-28-12-14-30-16-18-32-20-22-34-24-5-3-2-4-6-24/h2-6H,7-22H2,1H3. The van der Waals surface area contributed by atoms with Crippen LogP contribution in [0.15, 0.2) is 30.3 Å². The molecule has 0 aliphatic rings. The van der Waals surface area contributed by atoms with Crippen LogP contribution in [0.25, 0.3) is 0 Å². The van der Waals surface area contributed by atoms with E-state index in [4.69, 9.17) is 42.6 Å². The highest BCUT2D eigenvalue weighted by Gasteiger charge is 1.96. The average molecular weight is 489 g/mol. The van der Waals surface area contributed by atoms with Gasteiger partial charge in [0.1, 0.15) is 19.0 Å². The van der Waals surface area contributed by atoms with Crippen LogP contribution in [0.5, 0.6) is 5.75 Å². The minimum absolute atomic E-state index is 0.263. The van der Waals surface area contributed by atoms with Crippen molar-refractivity contribution in [3.05, 3.63) is 30.3 Å². The van der Waals surface area contributed by atoms with Gasteiger partial charge in [0.25, 0.3) is 0 Å². The second-order valence-electron chi connectivity index (χ2n) is 6.79. The number of carbonyl (C=O) groups excluding carboxylic acids is 1. The van der Waals surface area contributed by atoms with Crippen molar-refractivity contribution in [3.8, 4) is 5.75 Å². The Labute approximate surface area is 202 Å². The van der Waals surface area contributed by atoms with Gasteiger partial charge >= 0.3 is 5.97 Å². The molecule has 0 amide bonds. The van der Waals surface area contributed by atoms with Crippen LogP contribution >= 0.6 is 0 Å². The van der Waals surface area contributed by atoms with Crippen LogP contribution in [0.4, 0.5) is 0 Å². The van der Waals surface area contributed by atoms with Gasteiger partial charge in [0.15, 0.2) is 0 Å². The van der Waals surface area contributed by atoms with Crippen LogP contribution in [0, 0.1) is 0 Å². The van der Waals surface area contributed by atoms with E-state index >= 15 is 0 Å². The molecule has 196 valence electrons. The third kappa shape index (κ3) is 22.0. The lowest BCUT2D eigenvalue weighted by molar-refractivity contribution is -0.142. The first-order valence-corrected chi connectivity index (χ1v) is 11.6. The molecular weight excluding hydrogens is 448 g/mol. The molecule has 1 aromatic carbocycles. The van der Waals surface area contributed by atoms with Crippen LogP contribution in [0.3, 0.4) is 0 Å². The number of rotatable bonds is 25. The van der Waals surface area contributed by atoms with Crippen molar-refractivity contribution in [1.82, 2.24) is 0 Å². The molecule has 1 aromatic rings. The van der Waals surface area contributed by atoms with E-state index in [1.54, 1.807) is 0 Å². The molecule has 0 aliphatic heterocycles. The molecule has 1 rings (SSSR count). The summed E-state index contributed by atoms with van der Waals surface area (Å²) in [4.78, 5) is 10.6. The Balaban J connectivity index is 1.64. The molecule has 10 nitrogen and oxygen atoms in total. The Morgan fingerprint density at radius 2 is 0.824 bits per heavy atom. The van der Waals surface area contributed by atoms with Crippen LogP contribution < -0.4 is 4.74 Å². The number of para-hydroxylation sites is 1. The molecule has 10 heteroatoms. The number of benzene rings is 1. The lowest BCUT2D eigenvalue weighted by Crippen LogP contribution is -2.15. The minimum atomic E-state index is -0.307. The fourth-order valence-corrected chi connectivity index (χ4v) is 2.40. The van der Waals surface area contributed by atoms with Gasteiger partial charge in [-0.2, -0.15) is 0 Å². The Morgan fingerprint density at radius 3 is 1.18 bits per heavy atom. The quantitative estimate of drug-likeness (QED) is 0.149. The molecule has 0 saturated heterocycles. The van der Waals surface area contributed by atoms with Crippen LogP contribution in [0.1, 0.15) is 6.92 Å². The van der Waals surface area contributed by atoms with Gasteiger partial charge in [-0.05, 0) is 12.1 Å². The van der Waals surface area contributed by atoms with E-state index in [2.05, 4.69) is 0 Å². The fraction of sp³-hybridized carbons (Fsp3) is 0.708. The molecule has 0 N–H and O–H groups in total. The largest absolute Gasteiger partial charge is 0.491 e. The van der Waals surface area contributed by atoms with E-state index in [1.165, 1.54) is 6.92 Å². The topological polar surface area (TPSA) is 100 Å². The highest BCUT2D eigenvalue weighted by molar-refractivity contribution is 5.65. The number of carbonyl (C=O) groups is 1. The molecule has 0 heterocycles. The summed E-state index contributed by atoms with van der Waals surface area (Å²) >= 11 is 0. The van der Waals surface area contributed by atoms with Crippen molar-refractivity contribution < 1.29 is 47.4 Å². The normalized spacial score (nSPS) is 11.0. The molecule has 0 aliphatic carbocycles. The smallest absolute Gasteiger partial charge is 0.302 e. The monoisotopic (exact) mass is 488 g/mol. The number of hydrogen-bond acceptors (Lipinski definition) is 10. The summed E-state index contributed by atoms with van der Waals surface area (Å²) in [6, 6.07) is 9.65. The van der Waals surface area contributed by atoms with E-state index in [1.807, 2.05) is 30.3 Å². The van der Waals surface area contributed by atoms with Crippen molar-refractivity contribution in [3.63, 3.8) is 0 Å². The molecule has 0 unspecified atom stereocenters. The lowest BCUT2D eigenvalue weighted by atomic mass is 10.3.